The van der Waals surface area contributed by atoms with Crippen molar-refractivity contribution in [3.05, 3.63) is 24.3 Å². The number of nitrogens with zero attached hydrogens (tertiary/aromatic N) is 1. The van der Waals surface area contributed by atoms with Gasteiger partial charge in [-0.3, -0.25) is 4.79 Å². The molecule has 3 nitrogen and oxygen atoms in total. The van der Waals surface area contributed by atoms with E-state index >= 15 is 0 Å². The Hall–Kier alpha value is -1.61. The monoisotopic (exact) mass is 298 g/mol. The van der Waals surface area contributed by atoms with Crippen LogP contribution in [0.5, 0.6) is 0 Å². The Morgan fingerprint density at radius 3 is 2.50 bits per heavy atom. The van der Waals surface area contributed by atoms with E-state index < -0.39 is 17.1 Å². The molecule has 1 amide bonds. The van der Waals surface area contributed by atoms with Crippen molar-refractivity contribution in [3.8, 4) is 6.07 Å². The van der Waals surface area contributed by atoms with Crippen LogP contribution in [0.15, 0.2) is 29.2 Å². The minimum absolute atomic E-state index is 0.287. The summed E-state index contributed by atoms with van der Waals surface area (Å²) in [5, 5.41) is 11.8. The van der Waals surface area contributed by atoms with Gasteiger partial charge in [0.25, 0.3) is 5.76 Å². The van der Waals surface area contributed by atoms with Crippen LogP contribution in [-0.2, 0) is 4.79 Å². The summed E-state index contributed by atoms with van der Waals surface area (Å²) in [7, 11) is 0. The van der Waals surface area contributed by atoms with Crippen molar-refractivity contribution in [2.24, 2.45) is 5.41 Å². The molecule has 0 aliphatic carbocycles. The number of para-hydroxylation sites is 1. The first kappa shape index (κ1) is 16.4. The second kappa shape index (κ2) is 7.25. The number of benzene rings is 1. The number of rotatable bonds is 6. The van der Waals surface area contributed by atoms with Gasteiger partial charge in [0, 0.05) is 4.90 Å². The van der Waals surface area contributed by atoms with Gasteiger partial charge < -0.3 is 5.32 Å². The van der Waals surface area contributed by atoms with Gasteiger partial charge >= 0.3 is 0 Å². The first-order valence-electron chi connectivity index (χ1n) is 6.25. The van der Waals surface area contributed by atoms with Crippen molar-refractivity contribution in [3.63, 3.8) is 0 Å². The van der Waals surface area contributed by atoms with Crippen molar-refractivity contribution in [2.75, 3.05) is 5.32 Å². The average Bonchev–Trinajstić information content (AvgIpc) is 2.43. The second-order valence-corrected chi connectivity index (χ2v) is 5.26. The Balaban J connectivity index is 2.99. The van der Waals surface area contributed by atoms with Gasteiger partial charge in [-0.1, -0.05) is 37.7 Å². The molecule has 6 heteroatoms. The predicted molar refractivity (Wildman–Crippen MR) is 75.6 cm³/mol. The lowest BCUT2D eigenvalue weighted by Gasteiger charge is -2.22. The number of anilines is 1. The van der Waals surface area contributed by atoms with Gasteiger partial charge in [-0.05, 0) is 25.0 Å². The summed E-state index contributed by atoms with van der Waals surface area (Å²) in [6.07, 6.45) is 0.742. The maximum atomic E-state index is 12.5. The van der Waals surface area contributed by atoms with Crippen LogP contribution in [-0.4, -0.2) is 11.7 Å². The van der Waals surface area contributed by atoms with E-state index in [1.54, 1.807) is 32.0 Å². The highest BCUT2D eigenvalue weighted by Gasteiger charge is 2.35. The molecule has 0 fully saturated rings. The molecule has 0 atom stereocenters. The van der Waals surface area contributed by atoms with E-state index in [0.717, 1.165) is 0 Å². The molecule has 1 N–H and O–H groups in total. The summed E-state index contributed by atoms with van der Waals surface area (Å²) in [5.41, 5.74) is -0.813. The molecule has 0 radical (unpaired) electrons. The Morgan fingerprint density at radius 2 is 2.00 bits per heavy atom. The maximum absolute atomic E-state index is 12.5. The largest absolute Gasteiger partial charge is 0.324 e. The number of carbonyl (C=O) groups is 1. The summed E-state index contributed by atoms with van der Waals surface area (Å²) in [4.78, 5) is 12.5. The van der Waals surface area contributed by atoms with E-state index in [1.165, 1.54) is 6.07 Å². The van der Waals surface area contributed by atoms with E-state index in [2.05, 4.69) is 5.32 Å². The van der Waals surface area contributed by atoms with Crippen molar-refractivity contribution in [1.29, 1.82) is 5.26 Å². The molecular formula is C14H16F2N2OS. The number of hydrogen-bond acceptors (Lipinski definition) is 3. The first-order chi connectivity index (χ1) is 9.49. The van der Waals surface area contributed by atoms with E-state index in [-0.39, 0.29) is 4.90 Å². The number of thioether (sulfide) groups is 1. The molecule has 0 aliphatic heterocycles. The summed E-state index contributed by atoms with van der Waals surface area (Å²) in [5.74, 6) is -3.02. The predicted octanol–water partition coefficient (Wildman–Crippen LogP) is 4.27. The van der Waals surface area contributed by atoms with Gasteiger partial charge in [-0.2, -0.15) is 14.0 Å². The zero-order valence-electron chi connectivity index (χ0n) is 11.3. The number of nitriles is 1. The summed E-state index contributed by atoms with van der Waals surface area (Å²) < 4.78 is 24.9. The van der Waals surface area contributed by atoms with Crippen LogP contribution in [0.2, 0.25) is 0 Å². The standard InChI is InChI=1S/C14H16F2N2OS/c1-3-14(4-2,9-17)12(19)18-10-7-5-6-8-11(10)20-13(15)16/h5-8,13H,3-4H2,1-2H3,(H,18,19). The number of amides is 1. The number of hydrogen-bond donors (Lipinski definition) is 1. The minimum Gasteiger partial charge on any atom is -0.324 e. The lowest BCUT2D eigenvalue weighted by molar-refractivity contribution is -0.123. The Kier molecular flexibility index (Phi) is 5.96. The molecule has 1 aromatic carbocycles. The fourth-order valence-corrected chi connectivity index (χ4v) is 2.39. The quantitative estimate of drug-likeness (QED) is 0.798. The highest BCUT2D eigenvalue weighted by molar-refractivity contribution is 7.99. The molecule has 1 aromatic rings. The second-order valence-electron chi connectivity index (χ2n) is 4.23. The van der Waals surface area contributed by atoms with E-state index in [9.17, 15) is 18.8 Å². The van der Waals surface area contributed by atoms with Crippen LogP contribution in [0.3, 0.4) is 0 Å². The number of alkyl halides is 2. The number of nitrogens with one attached hydrogen (secondary N) is 1. The molecule has 0 heterocycles. The fourth-order valence-electron chi connectivity index (χ4n) is 1.79. The summed E-state index contributed by atoms with van der Waals surface area (Å²) in [6.45, 7) is 3.51. The minimum atomic E-state index is -2.56. The van der Waals surface area contributed by atoms with Gasteiger partial charge in [0.2, 0.25) is 5.91 Å². The molecular weight excluding hydrogens is 282 g/mol. The third-order valence-corrected chi connectivity index (χ3v) is 4.00. The van der Waals surface area contributed by atoms with E-state index in [0.29, 0.717) is 30.3 Å². The zero-order valence-corrected chi connectivity index (χ0v) is 12.1. The van der Waals surface area contributed by atoms with Crippen molar-refractivity contribution < 1.29 is 13.6 Å². The normalized spacial score (nSPS) is 11.2. The lowest BCUT2D eigenvalue weighted by Crippen LogP contribution is -2.34. The smallest absolute Gasteiger partial charge is 0.288 e. The first-order valence-corrected chi connectivity index (χ1v) is 7.13. The summed E-state index contributed by atoms with van der Waals surface area (Å²) >= 11 is 0.370. The van der Waals surface area contributed by atoms with Crippen LogP contribution in [0, 0.1) is 16.7 Å². The molecule has 0 saturated heterocycles. The van der Waals surface area contributed by atoms with Crippen molar-refractivity contribution in [2.45, 2.75) is 37.3 Å². The fraction of sp³-hybridized carbons (Fsp3) is 0.429. The highest BCUT2D eigenvalue weighted by Crippen LogP contribution is 2.33. The molecule has 0 spiro atoms. The molecule has 20 heavy (non-hydrogen) atoms. The van der Waals surface area contributed by atoms with Gasteiger partial charge in [-0.15, -0.1) is 0 Å². The molecule has 108 valence electrons. The Bertz CT molecular complexity index is 510. The van der Waals surface area contributed by atoms with E-state index in [1.807, 2.05) is 6.07 Å². The van der Waals surface area contributed by atoms with Crippen LogP contribution in [0.1, 0.15) is 26.7 Å². The molecule has 0 aromatic heterocycles. The third-order valence-electron chi connectivity index (χ3n) is 3.21. The SMILES string of the molecule is CCC(C#N)(CC)C(=O)Nc1ccccc1SC(F)F. The van der Waals surface area contributed by atoms with Crippen molar-refractivity contribution in [1.82, 2.24) is 0 Å². The topological polar surface area (TPSA) is 52.9 Å². The van der Waals surface area contributed by atoms with Crippen LogP contribution in [0.4, 0.5) is 14.5 Å². The third kappa shape index (κ3) is 3.70. The van der Waals surface area contributed by atoms with Crippen LogP contribution < -0.4 is 5.32 Å². The molecule has 0 aliphatic rings. The van der Waals surface area contributed by atoms with Crippen LogP contribution in [0.25, 0.3) is 0 Å². The van der Waals surface area contributed by atoms with E-state index in [4.69, 9.17) is 0 Å². The zero-order chi connectivity index (χ0) is 15.2. The van der Waals surface area contributed by atoms with Crippen molar-refractivity contribution >= 4 is 23.4 Å². The molecule has 0 saturated carbocycles. The van der Waals surface area contributed by atoms with Gasteiger partial charge in [0.05, 0.1) is 11.8 Å². The van der Waals surface area contributed by atoms with Gasteiger partial charge in [-0.25, -0.2) is 0 Å². The molecule has 0 bridgehead atoms. The van der Waals surface area contributed by atoms with Crippen LogP contribution >= 0.6 is 11.8 Å². The van der Waals surface area contributed by atoms with Gasteiger partial charge in [0.15, 0.2) is 0 Å². The summed E-state index contributed by atoms with van der Waals surface area (Å²) in [6, 6.07) is 8.36. The average molecular weight is 298 g/mol. The Morgan fingerprint density at radius 1 is 1.40 bits per heavy atom. The maximum Gasteiger partial charge on any atom is 0.288 e. The van der Waals surface area contributed by atoms with Gasteiger partial charge in [0.1, 0.15) is 5.41 Å². The lowest BCUT2D eigenvalue weighted by atomic mass is 9.83. The molecule has 0 unspecified atom stereocenters. The number of halogens is 2. The number of carbonyl (C=O) groups excluding carboxylic acids is 1. The molecule has 1 rings (SSSR count). The highest BCUT2D eigenvalue weighted by atomic mass is 32.2. The Labute approximate surface area is 121 Å².